The minimum absolute atomic E-state index is 0. The van der Waals surface area contributed by atoms with E-state index in [4.69, 9.17) is 5.73 Å². The summed E-state index contributed by atoms with van der Waals surface area (Å²) in [6.45, 7) is 0.642. The molecule has 6 heteroatoms. The van der Waals surface area contributed by atoms with Crippen LogP contribution in [0.25, 0.3) is 11.2 Å². The summed E-state index contributed by atoms with van der Waals surface area (Å²) in [5.74, 6) is -0.423. The smallest absolute Gasteiger partial charge is 0.248 e. The molecule has 3 rings (SSSR count). The Morgan fingerprint density at radius 3 is 2.79 bits per heavy atom. The van der Waals surface area contributed by atoms with Gasteiger partial charge in [-0.1, -0.05) is 12.1 Å². The zero-order chi connectivity index (χ0) is 13.2. The fraction of sp³-hybridized carbons (Fsp3) is 0.0769. The lowest BCUT2D eigenvalue weighted by atomic mass is 10.1. The molecule has 0 bridgehead atoms. The average Bonchev–Trinajstić information content (AvgIpc) is 2.83. The second-order valence-corrected chi connectivity index (χ2v) is 4.17. The van der Waals surface area contributed by atoms with Crippen LogP contribution in [0.15, 0.2) is 43.1 Å². The summed E-state index contributed by atoms with van der Waals surface area (Å²) >= 11 is 0. The molecule has 2 aromatic heterocycles. The first-order chi connectivity index (χ1) is 9.24. The molecule has 0 spiro atoms. The van der Waals surface area contributed by atoms with Gasteiger partial charge in [0, 0.05) is 13.5 Å². The molecule has 2 heterocycles. The molecule has 19 heavy (non-hydrogen) atoms. The van der Waals surface area contributed by atoms with Crippen LogP contribution < -0.4 is 5.73 Å². The van der Waals surface area contributed by atoms with Crippen molar-refractivity contribution in [2.24, 2.45) is 5.73 Å². The molecule has 1 aromatic carbocycles. The molecule has 0 aliphatic heterocycles. The number of nitrogens with two attached hydrogens (primary N) is 1. The van der Waals surface area contributed by atoms with Gasteiger partial charge in [-0.15, -0.1) is 0 Å². The maximum atomic E-state index is 11.0. The molecule has 0 saturated heterocycles. The molecule has 6 nitrogen and oxygen atoms in total. The van der Waals surface area contributed by atoms with E-state index < -0.39 is 5.91 Å². The van der Waals surface area contributed by atoms with Crippen molar-refractivity contribution in [3.63, 3.8) is 0 Å². The predicted molar refractivity (Wildman–Crippen MR) is 71.5 cm³/mol. The van der Waals surface area contributed by atoms with E-state index in [1.54, 1.807) is 24.7 Å². The van der Waals surface area contributed by atoms with Crippen LogP contribution in [-0.4, -0.2) is 25.4 Å². The highest BCUT2D eigenvalue weighted by Crippen LogP contribution is 2.11. The number of rotatable bonds is 3. The number of imidazole rings is 1. The maximum absolute atomic E-state index is 11.0. The third kappa shape index (κ3) is 2.15. The standard InChI is InChI=1S/C13H11N5O.H2/c14-12(19)10-3-1-9(2-4-10)6-18-8-17-13-11(18)5-15-7-16-13;/h1-5,7-8H,6H2,(H2,14,19);1H. The number of primary amides is 1. The molecule has 0 fully saturated rings. The first-order valence-corrected chi connectivity index (χ1v) is 5.73. The summed E-state index contributed by atoms with van der Waals surface area (Å²) in [6, 6.07) is 7.17. The van der Waals surface area contributed by atoms with Gasteiger partial charge in [0.15, 0.2) is 5.65 Å². The highest BCUT2D eigenvalue weighted by atomic mass is 16.1. The third-order valence-electron chi connectivity index (χ3n) is 2.89. The van der Waals surface area contributed by atoms with Crippen molar-refractivity contribution in [1.29, 1.82) is 0 Å². The number of hydrogen-bond donors (Lipinski definition) is 1. The molecule has 3 aromatic rings. The lowest BCUT2D eigenvalue weighted by Gasteiger charge is -2.04. The van der Waals surface area contributed by atoms with E-state index in [9.17, 15) is 4.79 Å². The molecule has 2 N–H and O–H groups in total. The Hall–Kier alpha value is -2.76. The van der Waals surface area contributed by atoms with E-state index in [1.807, 2.05) is 16.7 Å². The maximum Gasteiger partial charge on any atom is 0.248 e. The highest BCUT2D eigenvalue weighted by Gasteiger charge is 2.05. The Bertz CT molecular complexity index is 738. The largest absolute Gasteiger partial charge is 0.366 e. The van der Waals surface area contributed by atoms with E-state index in [2.05, 4.69) is 15.0 Å². The summed E-state index contributed by atoms with van der Waals surface area (Å²) < 4.78 is 1.95. The fourth-order valence-electron chi connectivity index (χ4n) is 1.90. The van der Waals surface area contributed by atoms with Gasteiger partial charge in [0.05, 0.1) is 12.5 Å². The molecule has 96 valence electrons. The van der Waals surface area contributed by atoms with Crippen molar-refractivity contribution in [1.82, 2.24) is 19.5 Å². The van der Waals surface area contributed by atoms with Gasteiger partial charge in [0.25, 0.3) is 0 Å². The number of fused-ring (bicyclic) bond motifs is 1. The Labute approximate surface area is 110 Å². The van der Waals surface area contributed by atoms with Crippen LogP contribution in [0.1, 0.15) is 17.3 Å². The predicted octanol–water partition coefficient (Wildman–Crippen LogP) is 1.22. The van der Waals surface area contributed by atoms with Crippen LogP contribution in [-0.2, 0) is 6.54 Å². The van der Waals surface area contributed by atoms with Gasteiger partial charge >= 0.3 is 0 Å². The van der Waals surface area contributed by atoms with Crippen molar-refractivity contribution in [3.8, 4) is 0 Å². The van der Waals surface area contributed by atoms with Gasteiger partial charge in [0.1, 0.15) is 11.8 Å². The molecule has 0 unspecified atom stereocenters. The first-order valence-electron chi connectivity index (χ1n) is 5.73. The number of carbonyl (C=O) groups excluding carboxylic acids is 1. The van der Waals surface area contributed by atoms with Gasteiger partial charge in [-0.25, -0.2) is 15.0 Å². The summed E-state index contributed by atoms with van der Waals surface area (Å²) in [7, 11) is 0. The van der Waals surface area contributed by atoms with Crippen LogP contribution in [0, 0.1) is 0 Å². The van der Waals surface area contributed by atoms with Crippen LogP contribution in [0.5, 0.6) is 0 Å². The monoisotopic (exact) mass is 255 g/mol. The number of hydrogen-bond acceptors (Lipinski definition) is 4. The third-order valence-corrected chi connectivity index (χ3v) is 2.89. The Kier molecular flexibility index (Phi) is 2.68. The highest BCUT2D eigenvalue weighted by molar-refractivity contribution is 5.92. The van der Waals surface area contributed by atoms with Crippen molar-refractivity contribution in [2.75, 3.05) is 0 Å². The number of aromatic nitrogens is 4. The molecule has 0 aliphatic rings. The Balaban J connectivity index is 0.00000147. The number of carbonyl (C=O) groups is 1. The van der Waals surface area contributed by atoms with E-state index in [-0.39, 0.29) is 1.43 Å². The zero-order valence-corrected chi connectivity index (χ0v) is 10.0. The first kappa shape index (κ1) is 11.3. The second kappa shape index (κ2) is 4.49. The zero-order valence-electron chi connectivity index (χ0n) is 10.0. The fourth-order valence-corrected chi connectivity index (χ4v) is 1.90. The SMILES string of the molecule is NC(=O)c1ccc(Cn2cnc3ncncc32)cc1.[HH]. The van der Waals surface area contributed by atoms with Crippen molar-refractivity contribution in [3.05, 3.63) is 54.2 Å². The molecule has 0 aliphatic carbocycles. The van der Waals surface area contributed by atoms with Crippen molar-refractivity contribution >= 4 is 17.1 Å². The van der Waals surface area contributed by atoms with Crippen molar-refractivity contribution < 1.29 is 6.22 Å². The van der Waals surface area contributed by atoms with Crippen LogP contribution >= 0.6 is 0 Å². The molecule has 0 radical (unpaired) electrons. The number of amides is 1. The topological polar surface area (TPSA) is 86.7 Å². The van der Waals surface area contributed by atoms with E-state index in [1.165, 1.54) is 6.33 Å². The minimum atomic E-state index is -0.423. The number of nitrogens with zero attached hydrogens (tertiary/aromatic N) is 4. The van der Waals surface area contributed by atoms with Gasteiger partial charge in [-0.3, -0.25) is 4.79 Å². The lowest BCUT2D eigenvalue weighted by molar-refractivity contribution is 0.100. The summed E-state index contributed by atoms with van der Waals surface area (Å²) in [5.41, 5.74) is 8.30. The van der Waals surface area contributed by atoms with Crippen molar-refractivity contribution in [2.45, 2.75) is 6.54 Å². The second-order valence-electron chi connectivity index (χ2n) is 4.17. The van der Waals surface area contributed by atoms with Gasteiger partial charge in [-0.05, 0) is 17.7 Å². The summed E-state index contributed by atoms with van der Waals surface area (Å²) in [5, 5.41) is 0. The van der Waals surface area contributed by atoms with Gasteiger partial charge in [-0.2, -0.15) is 0 Å². The average molecular weight is 255 g/mol. The summed E-state index contributed by atoms with van der Waals surface area (Å²) in [6.07, 6.45) is 4.93. The molecule has 0 atom stereocenters. The lowest BCUT2D eigenvalue weighted by Crippen LogP contribution is -2.10. The minimum Gasteiger partial charge on any atom is -0.366 e. The van der Waals surface area contributed by atoms with E-state index in [0.717, 1.165) is 11.1 Å². The van der Waals surface area contributed by atoms with Gasteiger partial charge in [0.2, 0.25) is 5.91 Å². The van der Waals surface area contributed by atoms with Crippen LogP contribution in [0.2, 0.25) is 0 Å². The molecular formula is C13H13N5O. The Morgan fingerprint density at radius 2 is 2.05 bits per heavy atom. The molecule has 1 amide bonds. The summed E-state index contributed by atoms with van der Waals surface area (Å²) in [4.78, 5) is 23.3. The van der Waals surface area contributed by atoms with Crippen LogP contribution in [0.3, 0.4) is 0 Å². The van der Waals surface area contributed by atoms with Gasteiger partial charge < -0.3 is 10.3 Å². The van der Waals surface area contributed by atoms with Crippen LogP contribution in [0.4, 0.5) is 0 Å². The Morgan fingerprint density at radius 1 is 1.26 bits per heavy atom. The molecular weight excluding hydrogens is 242 g/mol. The normalized spacial score (nSPS) is 10.7. The quantitative estimate of drug-likeness (QED) is 0.762. The number of benzene rings is 1. The van der Waals surface area contributed by atoms with E-state index in [0.29, 0.717) is 17.8 Å². The van der Waals surface area contributed by atoms with E-state index >= 15 is 0 Å². The molecule has 0 saturated carbocycles.